The molecule has 0 spiro atoms. The SMILES string of the molecule is O=C(O)CNc1cc2cc(Br)ccc2cc1OCc1ccccc1. The van der Waals surface area contributed by atoms with E-state index in [-0.39, 0.29) is 6.54 Å². The quantitative estimate of drug-likeness (QED) is 0.646. The van der Waals surface area contributed by atoms with E-state index in [9.17, 15) is 4.79 Å². The molecule has 0 saturated carbocycles. The van der Waals surface area contributed by atoms with Crippen molar-refractivity contribution in [3.63, 3.8) is 0 Å². The first-order valence-corrected chi connectivity index (χ1v) is 8.27. The van der Waals surface area contributed by atoms with Gasteiger partial charge in [0.05, 0.1) is 5.69 Å². The molecule has 0 saturated heterocycles. The van der Waals surface area contributed by atoms with Gasteiger partial charge in [0.15, 0.2) is 0 Å². The second kappa shape index (κ2) is 7.36. The first-order chi connectivity index (χ1) is 11.6. The topological polar surface area (TPSA) is 58.6 Å². The summed E-state index contributed by atoms with van der Waals surface area (Å²) in [5, 5.41) is 13.9. The Hall–Kier alpha value is -2.53. The third-order valence-corrected chi connectivity index (χ3v) is 4.06. The van der Waals surface area contributed by atoms with Crippen molar-refractivity contribution >= 4 is 38.4 Å². The number of carboxylic acid groups (broad SMARTS) is 1. The highest BCUT2D eigenvalue weighted by molar-refractivity contribution is 9.10. The summed E-state index contributed by atoms with van der Waals surface area (Å²) >= 11 is 3.45. The lowest BCUT2D eigenvalue weighted by molar-refractivity contribution is -0.134. The Balaban J connectivity index is 1.91. The van der Waals surface area contributed by atoms with Crippen LogP contribution in [0.25, 0.3) is 10.8 Å². The first-order valence-electron chi connectivity index (χ1n) is 7.47. The highest BCUT2D eigenvalue weighted by Crippen LogP contribution is 2.32. The van der Waals surface area contributed by atoms with E-state index in [4.69, 9.17) is 9.84 Å². The molecule has 0 bridgehead atoms. The summed E-state index contributed by atoms with van der Waals surface area (Å²) in [6, 6.07) is 19.6. The standard InChI is InChI=1S/C19H16BrNO3/c20-16-7-6-14-10-18(24-12-13-4-2-1-3-5-13)17(9-15(14)8-16)21-11-19(22)23/h1-10,21H,11-12H2,(H,22,23). The Kier molecular flexibility index (Phi) is 5.01. The molecule has 0 aliphatic rings. The zero-order valence-electron chi connectivity index (χ0n) is 12.8. The van der Waals surface area contributed by atoms with Crippen LogP contribution in [0.3, 0.4) is 0 Å². The Morgan fingerprint density at radius 1 is 1.04 bits per heavy atom. The second-order valence-electron chi connectivity index (χ2n) is 5.36. The molecule has 122 valence electrons. The summed E-state index contributed by atoms with van der Waals surface area (Å²) < 4.78 is 6.90. The number of hydrogen-bond donors (Lipinski definition) is 2. The summed E-state index contributed by atoms with van der Waals surface area (Å²) in [6.07, 6.45) is 0. The fourth-order valence-electron chi connectivity index (χ4n) is 2.41. The van der Waals surface area contributed by atoms with Crippen molar-refractivity contribution in [3.8, 4) is 5.75 Å². The molecular weight excluding hydrogens is 370 g/mol. The monoisotopic (exact) mass is 385 g/mol. The first kappa shape index (κ1) is 16.3. The van der Waals surface area contributed by atoms with Gasteiger partial charge in [-0.1, -0.05) is 52.3 Å². The predicted octanol–water partition coefficient (Wildman–Crippen LogP) is 4.68. The molecule has 3 aromatic carbocycles. The zero-order chi connectivity index (χ0) is 16.9. The van der Waals surface area contributed by atoms with Crippen LogP contribution in [0.4, 0.5) is 5.69 Å². The third kappa shape index (κ3) is 4.06. The van der Waals surface area contributed by atoms with Crippen molar-refractivity contribution in [2.75, 3.05) is 11.9 Å². The van der Waals surface area contributed by atoms with Crippen LogP contribution in [0.15, 0.2) is 65.1 Å². The highest BCUT2D eigenvalue weighted by atomic mass is 79.9. The van der Waals surface area contributed by atoms with Gasteiger partial charge in [-0.15, -0.1) is 0 Å². The molecule has 3 aromatic rings. The van der Waals surface area contributed by atoms with Gasteiger partial charge < -0.3 is 15.2 Å². The summed E-state index contributed by atoms with van der Waals surface area (Å²) in [4.78, 5) is 10.9. The highest BCUT2D eigenvalue weighted by Gasteiger charge is 2.09. The molecule has 0 aromatic heterocycles. The van der Waals surface area contributed by atoms with Crippen molar-refractivity contribution in [1.29, 1.82) is 0 Å². The van der Waals surface area contributed by atoms with Gasteiger partial charge >= 0.3 is 5.97 Å². The lowest BCUT2D eigenvalue weighted by Crippen LogP contribution is -2.13. The van der Waals surface area contributed by atoms with Crippen molar-refractivity contribution in [2.24, 2.45) is 0 Å². The van der Waals surface area contributed by atoms with Crippen LogP contribution < -0.4 is 10.1 Å². The van der Waals surface area contributed by atoms with Crippen LogP contribution >= 0.6 is 15.9 Å². The molecule has 24 heavy (non-hydrogen) atoms. The van der Waals surface area contributed by atoms with Gasteiger partial charge in [-0.05, 0) is 40.6 Å². The minimum atomic E-state index is -0.918. The smallest absolute Gasteiger partial charge is 0.322 e. The number of carboxylic acids is 1. The van der Waals surface area contributed by atoms with Crippen LogP contribution in [0.1, 0.15) is 5.56 Å². The van der Waals surface area contributed by atoms with E-state index >= 15 is 0 Å². The van der Waals surface area contributed by atoms with Gasteiger partial charge in [-0.3, -0.25) is 4.79 Å². The number of rotatable bonds is 6. The fraction of sp³-hybridized carbons (Fsp3) is 0.105. The Labute approximate surface area is 148 Å². The minimum absolute atomic E-state index is 0.165. The molecular formula is C19H16BrNO3. The van der Waals surface area contributed by atoms with E-state index in [0.717, 1.165) is 20.8 Å². The molecule has 0 amide bonds. The fourth-order valence-corrected chi connectivity index (χ4v) is 2.79. The molecule has 0 aliphatic carbocycles. The van der Waals surface area contributed by atoms with E-state index in [1.807, 2.05) is 60.7 Å². The molecule has 5 heteroatoms. The van der Waals surface area contributed by atoms with Crippen molar-refractivity contribution in [1.82, 2.24) is 0 Å². The van der Waals surface area contributed by atoms with Crippen molar-refractivity contribution in [3.05, 3.63) is 70.7 Å². The molecule has 4 nitrogen and oxygen atoms in total. The molecule has 0 aliphatic heterocycles. The van der Waals surface area contributed by atoms with Gasteiger partial charge in [0.2, 0.25) is 0 Å². The van der Waals surface area contributed by atoms with Gasteiger partial charge in [-0.25, -0.2) is 0 Å². The number of ether oxygens (including phenoxy) is 1. The van der Waals surface area contributed by atoms with Crippen LogP contribution in [0.5, 0.6) is 5.75 Å². The lowest BCUT2D eigenvalue weighted by Gasteiger charge is -2.14. The van der Waals surface area contributed by atoms with E-state index in [1.54, 1.807) is 0 Å². The molecule has 0 radical (unpaired) electrons. The number of hydrogen-bond acceptors (Lipinski definition) is 3. The number of anilines is 1. The molecule has 0 fully saturated rings. The van der Waals surface area contributed by atoms with E-state index < -0.39 is 5.97 Å². The summed E-state index contributed by atoms with van der Waals surface area (Å²) in [6.45, 7) is 0.256. The van der Waals surface area contributed by atoms with E-state index in [2.05, 4.69) is 21.2 Å². The second-order valence-corrected chi connectivity index (χ2v) is 6.28. The number of fused-ring (bicyclic) bond motifs is 1. The minimum Gasteiger partial charge on any atom is -0.487 e. The Bertz CT molecular complexity index is 865. The maximum absolute atomic E-state index is 10.9. The maximum Gasteiger partial charge on any atom is 0.322 e. The largest absolute Gasteiger partial charge is 0.487 e. The third-order valence-electron chi connectivity index (χ3n) is 3.57. The van der Waals surface area contributed by atoms with Crippen LogP contribution in [-0.2, 0) is 11.4 Å². The predicted molar refractivity (Wildman–Crippen MR) is 98.5 cm³/mol. The zero-order valence-corrected chi connectivity index (χ0v) is 14.4. The summed E-state index contributed by atoms with van der Waals surface area (Å²) in [7, 11) is 0. The van der Waals surface area contributed by atoms with Crippen molar-refractivity contribution in [2.45, 2.75) is 6.61 Å². The lowest BCUT2D eigenvalue weighted by atomic mass is 10.1. The van der Waals surface area contributed by atoms with Crippen LogP contribution in [-0.4, -0.2) is 17.6 Å². The van der Waals surface area contributed by atoms with Gasteiger partial charge in [0, 0.05) is 4.47 Å². The van der Waals surface area contributed by atoms with Gasteiger partial charge in [-0.2, -0.15) is 0 Å². The Morgan fingerprint density at radius 3 is 2.58 bits per heavy atom. The van der Waals surface area contributed by atoms with E-state index in [0.29, 0.717) is 18.0 Å². The number of benzene rings is 3. The van der Waals surface area contributed by atoms with Gasteiger partial charge in [0.25, 0.3) is 0 Å². The van der Waals surface area contributed by atoms with Crippen LogP contribution in [0, 0.1) is 0 Å². The number of halogens is 1. The molecule has 0 unspecified atom stereocenters. The summed E-state index contributed by atoms with van der Waals surface area (Å²) in [5.41, 5.74) is 1.72. The summed E-state index contributed by atoms with van der Waals surface area (Å²) in [5.74, 6) is -0.284. The van der Waals surface area contributed by atoms with Crippen LogP contribution in [0.2, 0.25) is 0 Å². The van der Waals surface area contributed by atoms with E-state index in [1.165, 1.54) is 0 Å². The maximum atomic E-state index is 10.9. The molecule has 2 N–H and O–H groups in total. The van der Waals surface area contributed by atoms with Gasteiger partial charge in [0.1, 0.15) is 18.9 Å². The average Bonchev–Trinajstić information content (AvgIpc) is 2.58. The molecule has 0 heterocycles. The molecule has 0 atom stereocenters. The molecule has 3 rings (SSSR count). The Morgan fingerprint density at radius 2 is 1.83 bits per heavy atom. The number of carbonyl (C=O) groups is 1. The van der Waals surface area contributed by atoms with Crippen molar-refractivity contribution < 1.29 is 14.6 Å². The number of nitrogens with one attached hydrogen (secondary N) is 1. The normalized spacial score (nSPS) is 10.5. The number of aliphatic carboxylic acids is 1. The average molecular weight is 386 g/mol.